The Morgan fingerprint density at radius 1 is 1.42 bits per heavy atom. The molecule has 0 spiro atoms. The average Bonchev–Trinajstić information content (AvgIpc) is 3.02. The van der Waals surface area contributed by atoms with Crippen LogP contribution in [0.1, 0.15) is 37.4 Å². The van der Waals surface area contributed by atoms with Crippen molar-refractivity contribution >= 4 is 5.91 Å². The minimum atomic E-state index is -0.715. The minimum Gasteiger partial charge on any atom is -0.478 e. The van der Waals surface area contributed by atoms with Crippen molar-refractivity contribution in [2.75, 3.05) is 0 Å². The van der Waals surface area contributed by atoms with E-state index in [1.54, 1.807) is 12.1 Å². The number of aryl methyl sites for hydroxylation is 1. The predicted octanol–water partition coefficient (Wildman–Crippen LogP) is 2.83. The molecular weight excluding hydrogens is 309 g/mol. The van der Waals surface area contributed by atoms with Crippen LogP contribution in [0, 0.1) is 5.82 Å². The third kappa shape index (κ3) is 3.58. The molecule has 0 saturated carbocycles. The van der Waals surface area contributed by atoms with E-state index in [1.807, 2.05) is 17.8 Å². The minimum absolute atomic E-state index is 0.0995. The van der Waals surface area contributed by atoms with Gasteiger partial charge in [0, 0.05) is 24.3 Å². The van der Waals surface area contributed by atoms with E-state index < -0.39 is 11.9 Å². The fourth-order valence-electron chi connectivity index (χ4n) is 2.95. The molecule has 0 aliphatic carbocycles. The summed E-state index contributed by atoms with van der Waals surface area (Å²) in [6.07, 6.45) is 4.86. The number of para-hydroxylation sites is 1. The number of benzene rings is 1. The molecular formula is C18H22FN3O2. The Kier molecular flexibility index (Phi) is 5.13. The van der Waals surface area contributed by atoms with Crippen LogP contribution < -0.4 is 10.1 Å². The number of ether oxygens (including phenoxy) is 1. The highest BCUT2D eigenvalue weighted by molar-refractivity contribution is 5.81. The highest BCUT2D eigenvalue weighted by Crippen LogP contribution is 2.19. The van der Waals surface area contributed by atoms with Gasteiger partial charge in [-0.25, -0.2) is 4.39 Å². The summed E-state index contributed by atoms with van der Waals surface area (Å²) >= 11 is 0. The molecule has 1 aromatic carbocycles. The van der Waals surface area contributed by atoms with Crippen LogP contribution in [0.4, 0.5) is 4.39 Å². The largest absolute Gasteiger partial charge is 0.478 e. The highest BCUT2D eigenvalue weighted by atomic mass is 19.1. The van der Waals surface area contributed by atoms with Gasteiger partial charge in [0.1, 0.15) is 0 Å². The van der Waals surface area contributed by atoms with Crippen LogP contribution in [0.5, 0.6) is 5.75 Å². The standard InChI is InChI=1S/C18H22FN3O2/c1-2-16(24-17-9-4-3-7-14(17)19)18(23)20-11-13-12-21-22-10-6-5-8-15(13)22/h3-4,7,9,12,16H,2,5-6,8,10-11H2,1H3,(H,20,23). The van der Waals surface area contributed by atoms with E-state index in [0.29, 0.717) is 13.0 Å². The van der Waals surface area contributed by atoms with E-state index in [4.69, 9.17) is 4.74 Å². The van der Waals surface area contributed by atoms with Crippen LogP contribution in [0.3, 0.4) is 0 Å². The summed E-state index contributed by atoms with van der Waals surface area (Å²) in [6.45, 7) is 3.20. The first-order valence-corrected chi connectivity index (χ1v) is 8.41. The van der Waals surface area contributed by atoms with E-state index in [1.165, 1.54) is 17.8 Å². The monoisotopic (exact) mass is 331 g/mol. The molecule has 0 bridgehead atoms. The van der Waals surface area contributed by atoms with E-state index in [-0.39, 0.29) is 11.7 Å². The van der Waals surface area contributed by atoms with Gasteiger partial charge in [0.05, 0.1) is 6.20 Å². The van der Waals surface area contributed by atoms with Gasteiger partial charge in [0.2, 0.25) is 0 Å². The van der Waals surface area contributed by atoms with Gasteiger partial charge >= 0.3 is 0 Å². The summed E-state index contributed by atoms with van der Waals surface area (Å²) in [5.41, 5.74) is 2.24. The summed E-state index contributed by atoms with van der Waals surface area (Å²) in [5.74, 6) is -0.603. The van der Waals surface area contributed by atoms with Crippen molar-refractivity contribution in [1.82, 2.24) is 15.1 Å². The summed E-state index contributed by atoms with van der Waals surface area (Å²) in [6, 6.07) is 6.12. The van der Waals surface area contributed by atoms with Gasteiger partial charge in [-0.15, -0.1) is 0 Å². The number of amides is 1. The van der Waals surface area contributed by atoms with Crippen molar-refractivity contribution in [3.05, 3.63) is 47.5 Å². The maximum absolute atomic E-state index is 13.7. The van der Waals surface area contributed by atoms with Crippen molar-refractivity contribution in [3.63, 3.8) is 0 Å². The maximum Gasteiger partial charge on any atom is 0.261 e. The Morgan fingerprint density at radius 2 is 2.25 bits per heavy atom. The first-order chi connectivity index (χ1) is 11.7. The van der Waals surface area contributed by atoms with Crippen molar-refractivity contribution in [2.24, 2.45) is 0 Å². The maximum atomic E-state index is 13.7. The van der Waals surface area contributed by atoms with Gasteiger partial charge in [-0.05, 0) is 37.8 Å². The number of carbonyl (C=O) groups excluding carboxylic acids is 1. The zero-order valence-corrected chi connectivity index (χ0v) is 13.8. The van der Waals surface area contributed by atoms with Gasteiger partial charge in [-0.3, -0.25) is 9.48 Å². The Labute approximate surface area is 140 Å². The quantitative estimate of drug-likeness (QED) is 0.885. The molecule has 0 saturated heterocycles. The molecule has 1 N–H and O–H groups in total. The third-order valence-electron chi connectivity index (χ3n) is 4.29. The molecule has 0 fully saturated rings. The van der Waals surface area contributed by atoms with Crippen LogP contribution in [0.2, 0.25) is 0 Å². The second-order valence-corrected chi connectivity index (χ2v) is 5.96. The van der Waals surface area contributed by atoms with Gasteiger partial charge < -0.3 is 10.1 Å². The Morgan fingerprint density at radius 3 is 3.04 bits per heavy atom. The predicted molar refractivity (Wildman–Crippen MR) is 88.1 cm³/mol. The molecule has 1 aliphatic rings. The number of aromatic nitrogens is 2. The number of fused-ring (bicyclic) bond motifs is 1. The fraction of sp³-hybridized carbons (Fsp3) is 0.444. The number of nitrogens with zero attached hydrogens (tertiary/aromatic N) is 2. The first-order valence-electron chi connectivity index (χ1n) is 8.41. The first kappa shape index (κ1) is 16.5. The fourth-order valence-corrected chi connectivity index (χ4v) is 2.95. The van der Waals surface area contributed by atoms with E-state index in [2.05, 4.69) is 10.4 Å². The smallest absolute Gasteiger partial charge is 0.261 e. The lowest BCUT2D eigenvalue weighted by molar-refractivity contribution is -0.128. The van der Waals surface area contributed by atoms with Crippen LogP contribution in [-0.4, -0.2) is 21.8 Å². The number of halogens is 1. The highest BCUT2D eigenvalue weighted by Gasteiger charge is 2.21. The molecule has 0 radical (unpaired) electrons. The van der Waals surface area contributed by atoms with Gasteiger partial charge in [-0.1, -0.05) is 19.1 Å². The van der Waals surface area contributed by atoms with Crippen LogP contribution in [-0.2, 0) is 24.3 Å². The van der Waals surface area contributed by atoms with E-state index in [0.717, 1.165) is 31.4 Å². The Bertz CT molecular complexity index is 714. The molecule has 2 heterocycles. The molecule has 1 atom stereocenters. The number of rotatable bonds is 6. The Hall–Kier alpha value is -2.37. The molecule has 2 aromatic rings. The lowest BCUT2D eigenvalue weighted by atomic mass is 10.1. The average molecular weight is 331 g/mol. The molecule has 24 heavy (non-hydrogen) atoms. The van der Waals surface area contributed by atoms with Crippen LogP contribution in [0.15, 0.2) is 30.5 Å². The SMILES string of the molecule is CCC(Oc1ccccc1F)C(=O)NCc1cnn2c1CCCC2. The van der Waals surface area contributed by atoms with Crippen LogP contribution >= 0.6 is 0 Å². The van der Waals surface area contributed by atoms with Gasteiger partial charge in [-0.2, -0.15) is 5.10 Å². The molecule has 128 valence electrons. The zero-order valence-electron chi connectivity index (χ0n) is 13.8. The van der Waals surface area contributed by atoms with E-state index in [9.17, 15) is 9.18 Å². The third-order valence-corrected chi connectivity index (χ3v) is 4.29. The summed E-state index contributed by atoms with van der Waals surface area (Å²) in [7, 11) is 0. The van der Waals surface area contributed by atoms with Crippen molar-refractivity contribution in [3.8, 4) is 5.75 Å². The van der Waals surface area contributed by atoms with Gasteiger partial charge in [0.25, 0.3) is 5.91 Å². The molecule has 1 amide bonds. The normalized spacial score (nSPS) is 14.8. The van der Waals surface area contributed by atoms with Crippen molar-refractivity contribution in [2.45, 2.75) is 51.8 Å². The number of hydrogen-bond acceptors (Lipinski definition) is 3. The Balaban J connectivity index is 1.61. The molecule has 6 heteroatoms. The number of hydrogen-bond donors (Lipinski definition) is 1. The zero-order chi connectivity index (χ0) is 16.9. The number of nitrogens with one attached hydrogen (secondary N) is 1. The van der Waals surface area contributed by atoms with Crippen molar-refractivity contribution in [1.29, 1.82) is 0 Å². The molecule has 1 aliphatic heterocycles. The molecule has 3 rings (SSSR count). The van der Waals surface area contributed by atoms with Crippen molar-refractivity contribution < 1.29 is 13.9 Å². The summed E-state index contributed by atoms with van der Waals surface area (Å²) in [4.78, 5) is 12.4. The second kappa shape index (κ2) is 7.47. The molecule has 5 nitrogen and oxygen atoms in total. The molecule has 1 unspecified atom stereocenters. The molecule has 1 aromatic heterocycles. The summed E-state index contributed by atoms with van der Waals surface area (Å²) in [5, 5.41) is 7.25. The lowest BCUT2D eigenvalue weighted by Crippen LogP contribution is -2.38. The van der Waals surface area contributed by atoms with Crippen LogP contribution in [0.25, 0.3) is 0 Å². The lowest BCUT2D eigenvalue weighted by Gasteiger charge is -2.18. The topological polar surface area (TPSA) is 56.1 Å². The van der Waals surface area contributed by atoms with E-state index >= 15 is 0 Å². The summed E-state index contributed by atoms with van der Waals surface area (Å²) < 4.78 is 21.2. The van der Waals surface area contributed by atoms with Gasteiger partial charge in [0.15, 0.2) is 17.7 Å². The number of carbonyl (C=O) groups is 1. The second-order valence-electron chi connectivity index (χ2n) is 5.96.